The van der Waals surface area contributed by atoms with Gasteiger partial charge in [0.25, 0.3) is 0 Å². The van der Waals surface area contributed by atoms with Crippen LogP contribution in [0.5, 0.6) is 0 Å². The van der Waals surface area contributed by atoms with E-state index in [-0.39, 0.29) is 48.3 Å². The van der Waals surface area contributed by atoms with E-state index in [1.165, 1.54) is 14.7 Å². The van der Waals surface area contributed by atoms with Crippen molar-refractivity contribution in [2.24, 2.45) is 23.2 Å². The summed E-state index contributed by atoms with van der Waals surface area (Å²) in [4.78, 5) is 67.0. The molecule has 8 atom stereocenters. The molecule has 0 aliphatic carbocycles. The van der Waals surface area contributed by atoms with Gasteiger partial charge in [-0.15, -0.1) is 0 Å². The summed E-state index contributed by atoms with van der Waals surface area (Å²) in [6.07, 6.45) is -2.12. The Morgan fingerprint density at radius 1 is 0.609 bits per heavy atom. The molecule has 3 fully saturated rings. The second kappa shape index (κ2) is 32.4. The molecule has 0 radical (unpaired) electrons. The largest absolute Gasteiger partial charge is 0.546 e. The van der Waals surface area contributed by atoms with Crippen molar-refractivity contribution < 1.29 is 73.5 Å². The predicted molar refractivity (Wildman–Crippen MR) is 340 cm³/mol. The van der Waals surface area contributed by atoms with Crippen LogP contribution in [-0.4, -0.2) is 177 Å². The average molecular weight is 1270 g/mol. The van der Waals surface area contributed by atoms with Crippen molar-refractivity contribution in [3.05, 3.63) is 142 Å². The molecule has 3 heterocycles. The van der Waals surface area contributed by atoms with Crippen LogP contribution in [0.2, 0.25) is 0 Å². The number of quaternary nitrogens is 2. The normalized spacial score (nSPS) is 22.7. The second-order valence-corrected chi connectivity index (χ2v) is 28.0. The number of carbonyl (C=O) groups excluding carboxylic acids is 5. The number of amides is 3. The number of hydrogen-bond donors (Lipinski definition) is 5. The second-order valence-electron chi connectivity index (χ2n) is 28.0. The van der Waals surface area contributed by atoms with Crippen molar-refractivity contribution in [2.75, 3.05) is 94.6 Å². The van der Waals surface area contributed by atoms with E-state index in [0.29, 0.717) is 86.5 Å². The van der Waals surface area contributed by atoms with Crippen LogP contribution >= 0.6 is 0 Å². The Morgan fingerprint density at radius 2 is 0.989 bits per heavy atom. The minimum absolute atomic E-state index is 0.150. The molecule has 0 spiro atoms. The number of aliphatic hydroxyl groups is 3. The number of benzene rings is 4. The lowest BCUT2D eigenvalue weighted by atomic mass is 9.65. The van der Waals surface area contributed by atoms with Crippen LogP contribution in [0.3, 0.4) is 0 Å². The van der Waals surface area contributed by atoms with Gasteiger partial charge in [-0.25, -0.2) is 9.59 Å². The zero-order valence-electron chi connectivity index (χ0n) is 56.5. The first-order valence-corrected chi connectivity index (χ1v) is 31.0. The lowest BCUT2D eigenvalue weighted by molar-refractivity contribution is -0.863. The number of hydrogen-bond acceptors (Lipinski definition) is 17. The minimum atomic E-state index is -1.42. The number of esters is 1. The van der Waals surface area contributed by atoms with Crippen molar-refractivity contribution in [1.82, 2.24) is 19.6 Å². The van der Waals surface area contributed by atoms with E-state index < -0.39 is 58.2 Å². The van der Waals surface area contributed by atoms with Crippen LogP contribution < -0.4 is 20.0 Å². The van der Waals surface area contributed by atoms with Crippen LogP contribution in [-0.2, 0) is 40.6 Å². The molecule has 1 unspecified atom stereocenters. The molecule has 92 heavy (non-hydrogen) atoms. The number of likely N-dealkylation sites (tertiary alicyclic amines) is 3. The third-order valence-electron chi connectivity index (χ3n) is 16.2. The van der Waals surface area contributed by atoms with Gasteiger partial charge >= 0.3 is 18.2 Å². The van der Waals surface area contributed by atoms with Crippen molar-refractivity contribution >= 4 is 30.2 Å². The number of ether oxygens (including phenoxy) is 3. The molecule has 3 amide bonds. The SMILES string of the molecule is CC(=O)O[C@@H](C(=O)[O-])c1ccccc1.CN(C)C[C@@H]1C(C(C)(C)C)N(C(=O)[O-])CC[C@@]1(O)c1cccc(C#N)c1.C[NH+](C)C[C@H]1CN(C(=O)OC(C)(C)C)CC[C@@]1(O)c1cccc(C#N)c1.C[NH+](C)C[C@H]1CN(C(=O)OC(C)(C)C)CC[C@@]1(O)c1cccc(C#N)c1. The fraction of sp³-hybridized carbons (Fsp3) is 0.543. The van der Waals surface area contributed by atoms with Crippen LogP contribution in [0.15, 0.2) is 103 Å². The summed E-state index contributed by atoms with van der Waals surface area (Å²) in [5.41, 5.74) is -0.759. The number of nitrogens with one attached hydrogen (secondary N) is 2. The number of carboxylic acid groups (broad SMARTS) is 2. The first-order valence-electron chi connectivity index (χ1n) is 31.0. The number of carbonyl (C=O) groups is 5. The molecule has 3 saturated heterocycles. The molecule has 0 aromatic heterocycles. The summed E-state index contributed by atoms with van der Waals surface area (Å²) in [5.74, 6) is -2.74. The fourth-order valence-corrected chi connectivity index (χ4v) is 12.2. The molecule has 0 bridgehead atoms. The van der Waals surface area contributed by atoms with Crippen molar-refractivity contribution in [3.63, 3.8) is 0 Å². The lowest BCUT2D eigenvalue weighted by Gasteiger charge is -2.56. The van der Waals surface area contributed by atoms with Gasteiger partial charge < -0.3 is 78.7 Å². The zero-order chi connectivity index (χ0) is 69.3. The highest BCUT2D eigenvalue weighted by atomic mass is 16.6. The topological polar surface area (TPSA) is 313 Å². The van der Waals surface area contributed by atoms with Crippen LogP contribution in [0, 0.1) is 57.2 Å². The molecular formula is C70H97N9O13. The lowest BCUT2D eigenvalue weighted by Crippen LogP contribution is -3.07. The summed E-state index contributed by atoms with van der Waals surface area (Å²) >= 11 is 0. The van der Waals surface area contributed by atoms with Crippen molar-refractivity contribution in [2.45, 2.75) is 129 Å². The van der Waals surface area contributed by atoms with Gasteiger partial charge in [0.1, 0.15) is 28.5 Å². The van der Waals surface area contributed by atoms with E-state index in [9.17, 15) is 65.3 Å². The van der Waals surface area contributed by atoms with E-state index in [4.69, 9.17) is 9.47 Å². The quantitative estimate of drug-likeness (QED) is 0.0997. The maximum Gasteiger partial charge on any atom is 0.410 e. The maximum absolute atomic E-state index is 12.5. The van der Waals surface area contributed by atoms with E-state index in [2.05, 4.69) is 22.9 Å². The van der Waals surface area contributed by atoms with Gasteiger partial charge in [-0.2, -0.15) is 15.8 Å². The molecule has 0 saturated carbocycles. The summed E-state index contributed by atoms with van der Waals surface area (Å²) in [6.45, 7) is 22.0. The Labute approximate surface area is 543 Å². The van der Waals surface area contributed by atoms with E-state index in [1.807, 2.05) is 128 Å². The van der Waals surface area contributed by atoms with Gasteiger partial charge in [-0.1, -0.05) is 87.5 Å². The molecule has 500 valence electrons. The summed E-state index contributed by atoms with van der Waals surface area (Å²) in [7, 11) is 11.9. The third kappa shape index (κ3) is 21.5. The highest BCUT2D eigenvalue weighted by Gasteiger charge is 2.53. The van der Waals surface area contributed by atoms with E-state index in [0.717, 1.165) is 18.1 Å². The van der Waals surface area contributed by atoms with Crippen LogP contribution in [0.1, 0.15) is 134 Å². The molecule has 4 aromatic carbocycles. The molecular weight excluding hydrogens is 1170 g/mol. The summed E-state index contributed by atoms with van der Waals surface area (Å²) in [6, 6.07) is 35.4. The Hall–Kier alpha value is -8.14. The average Bonchev–Trinajstić information content (AvgIpc) is 0.756. The Kier molecular flexibility index (Phi) is 26.9. The highest BCUT2D eigenvalue weighted by molar-refractivity contribution is 5.77. The molecule has 7 rings (SSSR count). The number of carboxylic acids is 1. The standard InChI is InChI=1S/3C20H29N3O3.C10H10O4/c2*1-19(2,3)26-18(24)23-10-9-20(25,17(14-23)13-22(4)5)16-8-6-7-15(11-16)12-21;1-19(2,3)17-16(13-22(4)5)20(26,9-10-23(17)18(24)25)15-8-6-7-14(11-15)12-21;1-7(11)14-9(10(12)13)8-5-3-2-4-6-8/h2*6-8,11,17,25H,9-10,13-14H2,1-5H3;6-8,11,16-17,26H,9-10,13H2,1-5H3,(H,24,25);2-6,9H,1H3,(H,12,13)/t2*17-,20+;16-,17?,20-;9-/m0011/s1. The van der Waals surface area contributed by atoms with Crippen LogP contribution in [0.25, 0.3) is 0 Å². The van der Waals surface area contributed by atoms with Gasteiger partial charge in [0.2, 0.25) is 0 Å². The molecule has 4 aromatic rings. The molecule has 3 aliphatic rings. The summed E-state index contributed by atoms with van der Waals surface area (Å²) in [5, 5.41) is 84.7. The zero-order valence-corrected chi connectivity index (χ0v) is 56.5. The fourth-order valence-electron chi connectivity index (χ4n) is 12.2. The smallest absolute Gasteiger partial charge is 0.410 e. The van der Waals surface area contributed by atoms with Crippen molar-refractivity contribution in [1.29, 1.82) is 15.8 Å². The van der Waals surface area contributed by atoms with E-state index in [1.54, 1.807) is 94.7 Å². The number of nitriles is 3. The van der Waals surface area contributed by atoms with Gasteiger partial charge in [0, 0.05) is 58.2 Å². The van der Waals surface area contributed by atoms with E-state index >= 15 is 0 Å². The molecule has 3 aliphatic heterocycles. The number of rotatable bonds is 12. The van der Waals surface area contributed by atoms with Gasteiger partial charge in [-0.05, 0) is 139 Å². The number of nitrogens with zero attached hydrogens (tertiary/aromatic N) is 7. The van der Waals surface area contributed by atoms with Gasteiger partial charge in [0.05, 0.1) is 99.6 Å². The number of piperidine rings is 3. The molecule has 22 nitrogen and oxygen atoms in total. The third-order valence-corrected chi connectivity index (χ3v) is 16.2. The first-order chi connectivity index (χ1) is 42.7. The van der Waals surface area contributed by atoms with Crippen molar-refractivity contribution in [3.8, 4) is 18.2 Å². The van der Waals surface area contributed by atoms with Crippen LogP contribution in [0.4, 0.5) is 14.4 Å². The maximum atomic E-state index is 12.5. The highest BCUT2D eigenvalue weighted by Crippen LogP contribution is 2.47. The van der Waals surface area contributed by atoms with Gasteiger partial charge in [-0.3, -0.25) is 4.79 Å². The first kappa shape index (κ1) is 76.3. The Balaban J connectivity index is 0.000000267. The monoisotopic (exact) mass is 1270 g/mol. The minimum Gasteiger partial charge on any atom is -0.546 e. The molecule has 22 heteroatoms. The Bertz CT molecular complexity index is 3150. The number of aliphatic carboxylic acids is 1. The van der Waals surface area contributed by atoms with Gasteiger partial charge in [0.15, 0.2) is 6.10 Å². The Morgan fingerprint density at radius 3 is 1.30 bits per heavy atom. The predicted octanol–water partition coefficient (Wildman–Crippen LogP) is 3.72. The molecule has 5 N–H and O–H groups in total. The summed E-state index contributed by atoms with van der Waals surface area (Å²) < 4.78 is 15.6.